The molecule has 0 saturated carbocycles. The molecule has 0 saturated heterocycles. The van der Waals surface area contributed by atoms with Crippen molar-refractivity contribution in [2.75, 3.05) is 39.1 Å². The molecule has 0 amide bonds. The van der Waals surface area contributed by atoms with Crippen LogP contribution in [0.15, 0.2) is 12.1 Å². The van der Waals surface area contributed by atoms with Gasteiger partial charge in [-0.25, -0.2) is 4.98 Å². The zero-order valence-corrected chi connectivity index (χ0v) is 12.8. The van der Waals surface area contributed by atoms with Gasteiger partial charge in [-0.15, -0.1) is 0 Å². The predicted molar refractivity (Wildman–Crippen MR) is 82.6 cm³/mol. The number of hydrogen-bond acceptors (Lipinski definition) is 4. The van der Waals surface area contributed by atoms with Crippen LogP contribution in [-0.4, -0.2) is 44.1 Å². The lowest BCUT2D eigenvalue weighted by molar-refractivity contribution is 0.401. The molecule has 0 atom stereocenters. The van der Waals surface area contributed by atoms with Crippen LogP contribution >= 0.6 is 0 Å². The molecule has 0 bridgehead atoms. The molecule has 4 nitrogen and oxygen atoms in total. The van der Waals surface area contributed by atoms with Crippen LogP contribution in [0.2, 0.25) is 0 Å². The van der Waals surface area contributed by atoms with Crippen LogP contribution in [0.3, 0.4) is 0 Å². The van der Waals surface area contributed by atoms with E-state index in [1.54, 1.807) is 0 Å². The van der Waals surface area contributed by atoms with E-state index in [4.69, 9.17) is 10.7 Å². The Kier molecular flexibility index (Phi) is 6.81. The second kappa shape index (κ2) is 8.12. The summed E-state index contributed by atoms with van der Waals surface area (Å²) < 4.78 is 0. The zero-order chi connectivity index (χ0) is 14.3. The molecular formula is C15H28N4. The lowest BCUT2D eigenvalue weighted by atomic mass is 10.1. The van der Waals surface area contributed by atoms with E-state index in [0.717, 1.165) is 43.9 Å². The van der Waals surface area contributed by atoms with E-state index in [9.17, 15) is 0 Å². The summed E-state index contributed by atoms with van der Waals surface area (Å²) in [4.78, 5) is 9.16. The van der Waals surface area contributed by atoms with Gasteiger partial charge in [-0.3, -0.25) is 0 Å². The molecule has 0 aliphatic rings. The molecule has 0 fully saturated rings. The molecule has 4 heteroatoms. The van der Waals surface area contributed by atoms with Gasteiger partial charge in [-0.1, -0.05) is 13.3 Å². The van der Waals surface area contributed by atoms with Crippen molar-refractivity contribution in [1.29, 1.82) is 0 Å². The Morgan fingerprint density at radius 3 is 2.47 bits per heavy atom. The Hall–Kier alpha value is -1.13. The van der Waals surface area contributed by atoms with Crippen molar-refractivity contribution in [2.24, 2.45) is 5.73 Å². The normalized spacial score (nSPS) is 11.1. The molecule has 0 aliphatic heterocycles. The van der Waals surface area contributed by atoms with Gasteiger partial charge in [-0.05, 0) is 51.2 Å². The van der Waals surface area contributed by atoms with Gasteiger partial charge in [0.05, 0.1) is 0 Å². The number of aromatic nitrogens is 1. The van der Waals surface area contributed by atoms with Gasteiger partial charge >= 0.3 is 0 Å². The quantitative estimate of drug-likeness (QED) is 0.779. The van der Waals surface area contributed by atoms with Crippen molar-refractivity contribution in [2.45, 2.75) is 32.7 Å². The van der Waals surface area contributed by atoms with E-state index >= 15 is 0 Å². The number of rotatable bonds is 8. The van der Waals surface area contributed by atoms with E-state index in [1.165, 1.54) is 5.56 Å². The lowest BCUT2D eigenvalue weighted by Crippen LogP contribution is -2.24. The van der Waals surface area contributed by atoms with E-state index < -0.39 is 0 Å². The summed E-state index contributed by atoms with van der Waals surface area (Å²) in [5.41, 5.74) is 8.10. The summed E-state index contributed by atoms with van der Waals surface area (Å²) in [5, 5.41) is 0. The van der Waals surface area contributed by atoms with E-state index in [-0.39, 0.29) is 0 Å². The number of nitrogens with two attached hydrogens (primary N) is 1. The van der Waals surface area contributed by atoms with Gasteiger partial charge in [0, 0.05) is 25.8 Å². The van der Waals surface area contributed by atoms with Crippen LogP contribution in [0.4, 0.5) is 5.82 Å². The smallest absolute Gasteiger partial charge is 0.128 e. The first kappa shape index (κ1) is 15.9. The summed E-state index contributed by atoms with van der Waals surface area (Å²) in [6.07, 6.45) is 3.28. The highest BCUT2D eigenvalue weighted by Gasteiger charge is 2.06. The largest absolute Gasteiger partial charge is 0.360 e. The second-order valence-corrected chi connectivity index (χ2v) is 5.36. The highest BCUT2D eigenvalue weighted by Crippen LogP contribution is 2.15. The minimum Gasteiger partial charge on any atom is -0.360 e. The molecule has 0 radical (unpaired) electrons. The third-order valence-electron chi connectivity index (χ3n) is 3.16. The van der Waals surface area contributed by atoms with Crippen molar-refractivity contribution in [3.05, 3.63) is 23.4 Å². The van der Waals surface area contributed by atoms with Crippen molar-refractivity contribution in [3.8, 4) is 0 Å². The molecule has 1 heterocycles. The molecule has 108 valence electrons. The number of nitrogens with zero attached hydrogens (tertiary/aromatic N) is 3. The first-order valence-corrected chi connectivity index (χ1v) is 7.12. The maximum atomic E-state index is 5.77. The fourth-order valence-corrected chi connectivity index (χ4v) is 2.07. The molecule has 19 heavy (non-hydrogen) atoms. The maximum Gasteiger partial charge on any atom is 0.128 e. The topological polar surface area (TPSA) is 45.4 Å². The average Bonchev–Trinajstić information content (AvgIpc) is 2.38. The molecular weight excluding hydrogens is 236 g/mol. The van der Waals surface area contributed by atoms with Crippen LogP contribution in [0.1, 0.15) is 31.0 Å². The number of hydrogen-bond donors (Lipinski definition) is 1. The van der Waals surface area contributed by atoms with Crippen LogP contribution in [-0.2, 0) is 13.0 Å². The van der Waals surface area contributed by atoms with Crippen LogP contribution in [0, 0.1) is 0 Å². The van der Waals surface area contributed by atoms with Crippen LogP contribution in [0.25, 0.3) is 0 Å². The molecule has 0 aromatic carbocycles. The molecule has 1 aromatic heterocycles. The monoisotopic (exact) mass is 264 g/mol. The first-order chi connectivity index (χ1) is 9.06. The van der Waals surface area contributed by atoms with Gasteiger partial charge in [0.25, 0.3) is 0 Å². The average molecular weight is 264 g/mol. The fourth-order valence-electron chi connectivity index (χ4n) is 2.07. The Morgan fingerprint density at radius 2 is 1.89 bits per heavy atom. The summed E-state index contributed by atoms with van der Waals surface area (Å²) in [6.45, 7) is 4.88. The van der Waals surface area contributed by atoms with Crippen molar-refractivity contribution < 1.29 is 0 Å². The predicted octanol–water partition coefficient (Wildman–Crippen LogP) is 1.88. The standard InChI is InChI=1S/C15H28N4/c1-5-7-14-10-13(12-16)11-15(17-14)19(4)9-6-8-18(2)3/h10-11H,5-9,12,16H2,1-4H3. The molecule has 1 aromatic rings. The molecule has 0 unspecified atom stereocenters. The third-order valence-corrected chi connectivity index (χ3v) is 3.16. The van der Waals surface area contributed by atoms with E-state index in [1.807, 2.05) is 0 Å². The SMILES string of the molecule is CCCc1cc(CN)cc(N(C)CCCN(C)C)n1. The van der Waals surface area contributed by atoms with Gasteiger partial charge in [-0.2, -0.15) is 0 Å². The Bertz CT molecular complexity index is 376. The molecule has 0 spiro atoms. The van der Waals surface area contributed by atoms with Crippen molar-refractivity contribution in [3.63, 3.8) is 0 Å². The van der Waals surface area contributed by atoms with Crippen LogP contribution in [0.5, 0.6) is 0 Å². The highest BCUT2D eigenvalue weighted by atomic mass is 15.2. The minimum absolute atomic E-state index is 0.581. The summed E-state index contributed by atoms with van der Waals surface area (Å²) >= 11 is 0. The minimum atomic E-state index is 0.581. The Balaban J connectivity index is 2.71. The van der Waals surface area contributed by atoms with Crippen molar-refractivity contribution >= 4 is 5.82 Å². The lowest BCUT2D eigenvalue weighted by Gasteiger charge is -2.21. The molecule has 1 rings (SSSR count). The Labute approximate surface area is 117 Å². The van der Waals surface area contributed by atoms with Gasteiger partial charge in [0.15, 0.2) is 0 Å². The van der Waals surface area contributed by atoms with E-state index in [2.05, 4.69) is 50.0 Å². The first-order valence-electron chi connectivity index (χ1n) is 7.12. The van der Waals surface area contributed by atoms with Gasteiger partial charge in [0.2, 0.25) is 0 Å². The van der Waals surface area contributed by atoms with Crippen LogP contribution < -0.4 is 10.6 Å². The zero-order valence-electron chi connectivity index (χ0n) is 12.8. The Morgan fingerprint density at radius 1 is 1.16 bits per heavy atom. The highest BCUT2D eigenvalue weighted by molar-refractivity contribution is 5.42. The molecule has 2 N–H and O–H groups in total. The third kappa shape index (κ3) is 5.57. The van der Waals surface area contributed by atoms with Crippen molar-refractivity contribution in [1.82, 2.24) is 9.88 Å². The maximum absolute atomic E-state index is 5.77. The molecule has 0 aliphatic carbocycles. The fraction of sp³-hybridized carbons (Fsp3) is 0.667. The number of pyridine rings is 1. The number of aryl methyl sites for hydroxylation is 1. The summed E-state index contributed by atoms with van der Waals surface area (Å²) in [7, 11) is 6.31. The number of anilines is 1. The second-order valence-electron chi connectivity index (χ2n) is 5.36. The van der Waals surface area contributed by atoms with Gasteiger partial charge < -0.3 is 15.5 Å². The van der Waals surface area contributed by atoms with E-state index in [0.29, 0.717) is 6.54 Å². The summed E-state index contributed by atoms with van der Waals surface area (Å²) in [6, 6.07) is 4.23. The summed E-state index contributed by atoms with van der Waals surface area (Å²) in [5.74, 6) is 1.05. The van der Waals surface area contributed by atoms with Gasteiger partial charge in [0.1, 0.15) is 5.82 Å².